The predicted octanol–water partition coefficient (Wildman–Crippen LogP) is 3.13. The number of ketones is 1. The monoisotopic (exact) mass is 318 g/mol. The van der Waals surface area contributed by atoms with Gasteiger partial charge in [-0.3, -0.25) is 9.35 Å². The van der Waals surface area contributed by atoms with E-state index in [1.165, 1.54) is 6.92 Å². The summed E-state index contributed by atoms with van der Waals surface area (Å²) in [5.74, 6) is 0.608. The third-order valence-electron chi connectivity index (χ3n) is 5.91. The van der Waals surface area contributed by atoms with Gasteiger partial charge in [0, 0.05) is 12.8 Å². The van der Waals surface area contributed by atoms with Crippen molar-refractivity contribution in [3.8, 4) is 0 Å². The van der Waals surface area contributed by atoms with Gasteiger partial charge in [0.25, 0.3) is 5.00 Å². The third kappa shape index (κ3) is 2.44. The zero-order valence-corrected chi connectivity index (χ0v) is 13.2. The van der Waals surface area contributed by atoms with Crippen molar-refractivity contribution in [2.24, 2.45) is 23.2 Å². The van der Waals surface area contributed by atoms with Gasteiger partial charge < -0.3 is 0 Å². The second-order valence-electron chi connectivity index (χ2n) is 7.57. The maximum absolute atomic E-state index is 15.0. The van der Waals surface area contributed by atoms with Crippen molar-refractivity contribution in [2.45, 2.75) is 63.3 Å². The van der Waals surface area contributed by atoms with Crippen molar-refractivity contribution in [1.82, 2.24) is 0 Å². The van der Waals surface area contributed by atoms with Gasteiger partial charge in [0.05, 0.1) is 0 Å². The molecule has 1 unspecified atom stereocenters. The van der Waals surface area contributed by atoms with E-state index in [4.69, 9.17) is 0 Å². The van der Waals surface area contributed by atoms with Gasteiger partial charge >= 0.3 is 10.1 Å². The minimum Gasteiger partial charge on any atom is -0.295 e. The molecular weight excluding hydrogens is 295 g/mol. The molecule has 0 radical (unpaired) electrons. The van der Waals surface area contributed by atoms with E-state index >= 15 is 4.39 Å². The smallest absolute Gasteiger partial charge is 0.295 e. The molecule has 0 heterocycles. The minimum atomic E-state index is -5.04. The Labute approximate surface area is 125 Å². The SMILES string of the molecule is CCC(=O)C(F)(CC12CC3CC(CC(C3)C1)C2)S(=O)(=O)O. The van der Waals surface area contributed by atoms with Crippen LogP contribution in [0.1, 0.15) is 58.3 Å². The highest BCUT2D eigenvalue weighted by Gasteiger charge is 2.59. The number of hydrogen-bond donors (Lipinski definition) is 1. The quantitative estimate of drug-likeness (QED) is 0.791. The van der Waals surface area contributed by atoms with Crippen LogP contribution in [0, 0.1) is 23.2 Å². The Morgan fingerprint density at radius 1 is 1.19 bits per heavy atom. The van der Waals surface area contributed by atoms with Crippen LogP contribution in [0.3, 0.4) is 0 Å². The number of halogens is 1. The lowest BCUT2D eigenvalue weighted by atomic mass is 9.48. The van der Waals surface area contributed by atoms with Gasteiger partial charge in [-0.25, -0.2) is 4.39 Å². The summed E-state index contributed by atoms with van der Waals surface area (Å²) in [7, 11) is -5.04. The third-order valence-corrected chi connectivity index (χ3v) is 7.10. The van der Waals surface area contributed by atoms with Crippen LogP contribution < -0.4 is 0 Å². The first-order valence-corrected chi connectivity index (χ1v) is 9.31. The van der Waals surface area contributed by atoms with Crippen LogP contribution in [0.2, 0.25) is 0 Å². The average Bonchev–Trinajstić information content (AvgIpc) is 2.33. The van der Waals surface area contributed by atoms with Crippen LogP contribution >= 0.6 is 0 Å². The molecule has 1 atom stereocenters. The van der Waals surface area contributed by atoms with Gasteiger partial charge in [-0.2, -0.15) is 8.42 Å². The normalized spacial score (nSPS) is 41.0. The molecule has 0 spiro atoms. The molecule has 4 fully saturated rings. The molecule has 21 heavy (non-hydrogen) atoms. The summed E-state index contributed by atoms with van der Waals surface area (Å²) in [6, 6.07) is 0. The van der Waals surface area contributed by atoms with Gasteiger partial charge in [-0.05, 0) is 61.7 Å². The number of Topliss-reactive ketones (excluding diaryl/α,β-unsaturated/α-hetero) is 1. The summed E-state index contributed by atoms with van der Waals surface area (Å²) in [5.41, 5.74) is -0.413. The van der Waals surface area contributed by atoms with Gasteiger partial charge in [0.2, 0.25) is 0 Å². The van der Waals surface area contributed by atoms with Gasteiger partial charge in [-0.1, -0.05) is 6.92 Å². The molecule has 4 nitrogen and oxygen atoms in total. The fraction of sp³-hybridized carbons (Fsp3) is 0.933. The number of hydrogen-bond acceptors (Lipinski definition) is 3. The van der Waals surface area contributed by atoms with Crippen molar-refractivity contribution < 1.29 is 22.2 Å². The first kappa shape index (κ1) is 15.4. The fourth-order valence-electron chi connectivity index (χ4n) is 5.59. The summed E-state index contributed by atoms with van der Waals surface area (Å²) in [5, 5.41) is -3.12. The highest BCUT2D eigenvalue weighted by Crippen LogP contribution is 2.63. The number of carbonyl (C=O) groups excluding carboxylic acids is 1. The summed E-state index contributed by atoms with van der Waals surface area (Å²) < 4.78 is 47.4. The first-order valence-electron chi connectivity index (χ1n) is 7.87. The Balaban J connectivity index is 1.92. The van der Waals surface area contributed by atoms with Crippen LogP contribution in [0.15, 0.2) is 0 Å². The summed E-state index contributed by atoms with van der Waals surface area (Å²) >= 11 is 0. The van der Waals surface area contributed by atoms with Gasteiger partial charge in [-0.15, -0.1) is 0 Å². The van der Waals surface area contributed by atoms with Gasteiger partial charge in [0.15, 0.2) is 5.78 Å². The molecule has 0 aromatic carbocycles. The molecule has 0 aromatic heterocycles. The molecule has 6 heteroatoms. The van der Waals surface area contributed by atoms with Gasteiger partial charge in [0.1, 0.15) is 0 Å². The van der Waals surface area contributed by atoms with Crippen LogP contribution in [0.25, 0.3) is 0 Å². The zero-order valence-electron chi connectivity index (χ0n) is 12.3. The van der Waals surface area contributed by atoms with Crippen molar-refractivity contribution in [2.75, 3.05) is 0 Å². The molecule has 0 aromatic rings. The summed E-state index contributed by atoms with van der Waals surface area (Å²) in [6.07, 6.45) is 5.31. The molecule has 4 aliphatic rings. The van der Waals surface area contributed by atoms with Crippen molar-refractivity contribution >= 4 is 15.9 Å². The molecule has 4 rings (SSSR count). The standard InChI is InChI=1S/C15H23FO4S/c1-2-13(17)15(16,21(18,19)20)9-14-6-10-3-11(7-14)5-12(4-10)8-14/h10-12H,2-9H2,1H3,(H,18,19,20). The highest BCUT2D eigenvalue weighted by atomic mass is 32.2. The summed E-state index contributed by atoms with van der Waals surface area (Å²) in [6.45, 7) is 1.43. The topological polar surface area (TPSA) is 71.4 Å². The van der Waals surface area contributed by atoms with Crippen molar-refractivity contribution in [3.63, 3.8) is 0 Å². The minimum absolute atomic E-state index is 0.220. The number of alkyl halides is 1. The van der Waals surface area contributed by atoms with E-state index in [2.05, 4.69) is 0 Å². The van der Waals surface area contributed by atoms with Crippen LogP contribution in [-0.2, 0) is 14.9 Å². The van der Waals surface area contributed by atoms with E-state index in [1.54, 1.807) is 0 Å². The Morgan fingerprint density at radius 2 is 1.62 bits per heavy atom. The second kappa shape index (κ2) is 4.75. The maximum Gasteiger partial charge on any atom is 0.307 e. The van der Waals surface area contributed by atoms with E-state index in [0.717, 1.165) is 38.5 Å². The molecule has 4 bridgehead atoms. The molecule has 120 valence electrons. The summed E-state index contributed by atoms with van der Waals surface area (Å²) in [4.78, 5) is 11.9. The molecule has 0 aliphatic heterocycles. The van der Waals surface area contributed by atoms with Crippen molar-refractivity contribution in [1.29, 1.82) is 0 Å². The molecule has 0 saturated heterocycles. The Morgan fingerprint density at radius 3 is 1.95 bits per heavy atom. The van der Waals surface area contributed by atoms with E-state index in [1.807, 2.05) is 0 Å². The molecule has 4 saturated carbocycles. The zero-order chi connectivity index (χ0) is 15.5. The van der Waals surface area contributed by atoms with E-state index in [-0.39, 0.29) is 12.8 Å². The van der Waals surface area contributed by atoms with Crippen molar-refractivity contribution in [3.05, 3.63) is 0 Å². The maximum atomic E-state index is 15.0. The van der Waals surface area contributed by atoms with E-state index < -0.39 is 26.3 Å². The van der Waals surface area contributed by atoms with E-state index in [9.17, 15) is 17.8 Å². The number of rotatable bonds is 5. The largest absolute Gasteiger partial charge is 0.307 e. The van der Waals surface area contributed by atoms with Crippen LogP contribution in [-0.4, -0.2) is 23.8 Å². The lowest BCUT2D eigenvalue weighted by Crippen LogP contribution is -2.52. The Bertz CT molecular complexity index is 521. The van der Waals surface area contributed by atoms with Crippen LogP contribution in [0.5, 0.6) is 0 Å². The lowest BCUT2D eigenvalue weighted by molar-refractivity contribution is -0.131. The molecule has 1 N–H and O–H groups in total. The lowest BCUT2D eigenvalue weighted by Gasteiger charge is -2.57. The Kier molecular flexibility index (Phi) is 3.49. The average molecular weight is 318 g/mol. The van der Waals surface area contributed by atoms with E-state index in [0.29, 0.717) is 17.8 Å². The number of carbonyl (C=O) groups is 1. The predicted molar refractivity (Wildman–Crippen MR) is 75.9 cm³/mol. The fourth-order valence-corrected chi connectivity index (χ4v) is 6.51. The van der Waals surface area contributed by atoms with Crippen LogP contribution in [0.4, 0.5) is 4.39 Å². The molecule has 4 aliphatic carbocycles. The highest BCUT2D eigenvalue weighted by molar-refractivity contribution is 7.87. The molecule has 0 amide bonds. The molecular formula is C15H23FO4S. The first-order chi connectivity index (χ1) is 9.67. The second-order valence-corrected chi connectivity index (χ2v) is 9.17. The Hall–Kier alpha value is -0.490.